The summed E-state index contributed by atoms with van der Waals surface area (Å²) in [6.07, 6.45) is 2.94. The Hall–Kier alpha value is -4.60. The third kappa shape index (κ3) is 3.47. The Morgan fingerprint density at radius 2 is 1.85 bits per heavy atom. The van der Waals surface area contributed by atoms with Gasteiger partial charge in [0.1, 0.15) is 17.1 Å². The van der Waals surface area contributed by atoms with Crippen molar-refractivity contribution in [2.24, 2.45) is 5.73 Å². The van der Waals surface area contributed by atoms with Crippen LogP contribution in [0.15, 0.2) is 70.1 Å². The summed E-state index contributed by atoms with van der Waals surface area (Å²) in [6.45, 7) is -0.296. The Kier molecular flexibility index (Phi) is 4.82. The summed E-state index contributed by atoms with van der Waals surface area (Å²) in [4.78, 5) is 47.3. The molecule has 2 N–H and O–H groups in total. The minimum absolute atomic E-state index is 0.0174. The maximum Gasteiger partial charge on any atom is 0.297 e. The van der Waals surface area contributed by atoms with Crippen LogP contribution in [0.25, 0.3) is 11.0 Å². The molecule has 0 bridgehead atoms. The highest BCUT2D eigenvalue weighted by molar-refractivity contribution is 6.09. The maximum atomic E-state index is 13.9. The van der Waals surface area contributed by atoms with E-state index in [9.17, 15) is 18.8 Å². The number of hydrogen-bond acceptors (Lipinski definition) is 7. The van der Waals surface area contributed by atoms with Crippen LogP contribution in [0.3, 0.4) is 0 Å². The van der Waals surface area contributed by atoms with Gasteiger partial charge in [-0.05, 0) is 42.0 Å². The minimum atomic E-state index is -0.927. The molecule has 1 aliphatic rings. The summed E-state index contributed by atoms with van der Waals surface area (Å²) in [6, 6.07) is 10.6. The molecule has 0 aliphatic carbocycles. The molecule has 164 valence electrons. The van der Waals surface area contributed by atoms with Crippen molar-refractivity contribution in [2.75, 3.05) is 11.5 Å². The van der Waals surface area contributed by atoms with Crippen molar-refractivity contribution in [3.63, 3.8) is 0 Å². The largest absolute Gasteiger partial charge is 0.484 e. The van der Waals surface area contributed by atoms with E-state index in [4.69, 9.17) is 14.9 Å². The van der Waals surface area contributed by atoms with Crippen LogP contribution < -0.4 is 20.8 Å². The van der Waals surface area contributed by atoms with E-state index < -0.39 is 29.1 Å². The second-order valence-electron chi connectivity index (χ2n) is 7.26. The van der Waals surface area contributed by atoms with Crippen LogP contribution in [0.4, 0.5) is 10.3 Å². The van der Waals surface area contributed by atoms with Crippen LogP contribution >= 0.6 is 0 Å². The Labute approximate surface area is 185 Å². The molecule has 33 heavy (non-hydrogen) atoms. The van der Waals surface area contributed by atoms with E-state index in [0.717, 1.165) is 12.1 Å². The molecule has 0 radical (unpaired) electrons. The number of nitrogens with zero attached hydrogens (tertiary/aromatic N) is 3. The third-order valence-electron chi connectivity index (χ3n) is 5.18. The van der Waals surface area contributed by atoms with Gasteiger partial charge in [-0.15, -0.1) is 0 Å². The zero-order valence-electron chi connectivity index (χ0n) is 16.9. The molecule has 9 nitrogen and oxygen atoms in total. The fourth-order valence-corrected chi connectivity index (χ4v) is 3.78. The minimum Gasteiger partial charge on any atom is -0.484 e. The summed E-state index contributed by atoms with van der Waals surface area (Å²) < 4.78 is 24.9. The van der Waals surface area contributed by atoms with E-state index in [1.807, 2.05) is 0 Å². The first-order chi connectivity index (χ1) is 15.9. The summed E-state index contributed by atoms with van der Waals surface area (Å²) in [5.41, 5.74) is 5.25. The van der Waals surface area contributed by atoms with Crippen LogP contribution in [0.5, 0.6) is 5.75 Å². The van der Waals surface area contributed by atoms with Gasteiger partial charge in [0.15, 0.2) is 12.0 Å². The molecule has 3 heterocycles. The lowest BCUT2D eigenvalue weighted by atomic mass is 9.98. The molecular formula is C23H15FN4O5. The molecule has 1 unspecified atom stereocenters. The molecule has 4 aromatic rings. The van der Waals surface area contributed by atoms with Gasteiger partial charge < -0.3 is 14.9 Å². The van der Waals surface area contributed by atoms with Crippen LogP contribution in [0, 0.1) is 5.82 Å². The number of carbonyl (C=O) groups is 2. The second-order valence-corrected chi connectivity index (χ2v) is 7.26. The number of halogens is 1. The van der Waals surface area contributed by atoms with Gasteiger partial charge in [-0.3, -0.25) is 19.3 Å². The van der Waals surface area contributed by atoms with Gasteiger partial charge in [0, 0.05) is 12.4 Å². The molecule has 0 saturated heterocycles. The topological polar surface area (TPSA) is 129 Å². The van der Waals surface area contributed by atoms with Gasteiger partial charge in [0.2, 0.25) is 11.7 Å². The van der Waals surface area contributed by atoms with Crippen LogP contribution in [0.2, 0.25) is 0 Å². The fraction of sp³-hybridized carbons (Fsp3) is 0.0870. The van der Waals surface area contributed by atoms with Gasteiger partial charge in [-0.2, -0.15) is 0 Å². The van der Waals surface area contributed by atoms with Crippen LogP contribution in [0.1, 0.15) is 27.7 Å². The number of carbonyl (C=O) groups excluding carboxylic acids is 2. The van der Waals surface area contributed by atoms with Gasteiger partial charge in [-0.25, -0.2) is 14.4 Å². The highest BCUT2D eigenvalue weighted by Gasteiger charge is 2.44. The van der Waals surface area contributed by atoms with Crippen molar-refractivity contribution in [1.29, 1.82) is 0 Å². The Bertz CT molecular complexity index is 1450. The average molecular weight is 446 g/mol. The predicted molar refractivity (Wildman–Crippen MR) is 114 cm³/mol. The summed E-state index contributed by atoms with van der Waals surface area (Å²) in [5.74, 6) is -1.54. The fourth-order valence-electron chi connectivity index (χ4n) is 3.78. The first kappa shape index (κ1) is 20.3. The van der Waals surface area contributed by atoms with Gasteiger partial charge in [0.25, 0.3) is 11.8 Å². The molecule has 2 amide bonds. The van der Waals surface area contributed by atoms with E-state index >= 15 is 0 Å². The quantitative estimate of drug-likeness (QED) is 0.498. The SMILES string of the molecule is NC(=O)COc1ccc(C2c3c(oc4ccc(F)cc4c3=O)C(=O)N2c2ncccn2)cc1. The van der Waals surface area contributed by atoms with E-state index in [1.54, 1.807) is 30.3 Å². The summed E-state index contributed by atoms with van der Waals surface area (Å²) in [5, 5.41) is 0.0174. The number of rotatable bonds is 5. The lowest BCUT2D eigenvalue weighted by molar-refractivity contribution is -0.119. The summed E-state index contributed by atoms with van der Waals surface area (Å²) >= 11 is 0. The number of amides is 2. The maximum absolute atomic E-state index is 13.9. The number of anilines is 1. The van der Waals surface area contributed by atoms with E-state index in [0.29, 0.717) is 11.3 Å². The van der Waals surface area contributed by atoms with Crippen molar-refractivity contribution >= 4 is 28.7 Å². The molecule has 5 rings (SSSR count). The Morgan fingerprint density at radius 1 is 1.12 bits per heavy atom. The van der Waals surface area contributed by atoms with Crippen molar-refractivity contribution in [2.45, 2.75) is 6.04 Å². The lowest BCUT2D eigenvalue weighted by Gasteiger charge is -2.23. The number of ether oxygens (including phenoxy) is 1. The molecule has 0 fully saturated rings. The number of primary amides is 1. The normalized spacial score (nSPS) is 15.0. The zero-order chi connectivity index (χ0) is 23.1. The molecule has 0 saturated carbocycles. The monoisotopic (exact) mass is 446 g/mol. The highest BCUT2D eigenvalue weighted by Crippen LogP contribution is 2.40. The smallest absolute Gasteiger partial charge is 0.297 e. The third-order valence-corrected chi connectivity index (χ3v) is 5.18. The highest BCUT2D eigenvalue weighted by atomic mass is 19.1. The second kappa shape index (κ2) is 7.83. The van der Waals surface area contributed by atoms with Crippen molar-refractivity contribution in [1.82, 2.24) is 9.97 Å². The van der Waals surface area contributed by atoms with Crippen molar-refractivity contribution in [3.05, 3.63) is 93.9 Å². The first-order valence-corrected chi connectivity index (χ1v) is 9.82. The Morgan fingerprint density at radius 3 is 2.55 bits per heavy atom. The van der Waals surface area contributed by atoms with Gasteiger partial charge in [0.05, 0.1) is 17.0 Å². The summed E-state index contributed by atoms with van der Waals surface area (Å²) in [7, 11) is 0. The molecule has 10 heteroatoms. The van der Waals surface area contributed by atoms with E-state index in [2.05, 4.69) is 9.97 Å². The van der Waals surface area contributed by atoms with Gasteiger partial charge >= 0.3 is 0 Å². The molecule has 1 aliphatic heterocycles. The zero-order valence-corrected chi connectivity index (χ0v) is 16.9. The molecule has 1 atom stereocenters. The average Bonchev–Trinajstić information content (AvgIpc) is 3.11. The first-order valence-electron chi connectivity index (χ1n) is 9.82. The van der Waals surface area contributed by atoms with E-state index in [1.165, 1.54) is 23.4 Å². The molecule has 2 aromatic carbocycles. The van der Waals surface area contributed by atoms with Gasteiger partial charge in [-0.1, -0.05) is 12.1 Å². The standard InChI is InChI=1S/C23H15FN4O5/c24-13-4-7-16-15(10-13)20(30)18-19(12-2-5-14(6-3-12)32-11-17(25)29)28(22(31)21(18)33-16)23-26-8-1-9-27-23/h1-10,19H,11H2,(H2,25,29). The van der Waals surface area contributed by atoms with Crippen molar-refractivity contribution < 1.29 is 23.1 Å². The number of hydrogen-bond donors (Lipinski definition) is 1. The van der Waals surface area contributed by atoms with E-state index in [-0.39, 0.29) is 34.8 Å². The number of fused-ring (bicyclic) bond motifs is 2. The molecule has 2 aromatic heterocycles. The number of nitrogens with two attached hydrogens (primary N) is 1. The molecular weight excluding hydrogens is 431 g/mol. The van der Waals surface area contributed by atoms with Crippen molar-refractivity contribution in [3.8, 4) is 5.75 Å². The number of benzene rings is 2. The number of aromatic nitrogens is 2. The van der Waals surface area contributed by atoms with Crippen LogP contribution in [-0.2, 0) is 4.79 Å². The van der Waals surface area contributed by atoms with Crippen LogP contribution in [-0.4, -0.2) is 28.4 Å². The predicted octanol–water partition coefficient (Wildman–Crippen LogP) is 2.34. The molecule has 0 spiro atoms. The lowest BCUT2D eigenvalue weighted by Crippen LogP contribution is -2.31. The Balaban J connectivity index is 1.69.